The number of esters is 1. The molecule has 0 atom stereocenters. The van der Waals surface area contributed by atoms with Crippen molar-refractivity contribution >= 4 is 34.8 Å². The van der Waals surface area contributed by atoms with Crippen molar-refractivity contribution in [2.75, 3.05) is 6.61 Å². The van der Waals surface area contributed by atoms with Crippen LogP contribution in [0.15, 0.2) is 53.9 Å². The Bertz CT molecular complexity index is 939. The molecule has 0 radical (unpaired) electrons. The molecule has 3 rings (SSSR count). The van der Waals surface area contributed by atoms with Crippen LogP contribution in [0.2, 0.25) is 5.02 Å². The number of amides is 1. The van der Waals surface area contributed by atoms with Gasteiger partial charge >= 0.3 is 5.97 Å². The molecule has 1 aromatic heterocycles. The molecule has 3 aromatic rings. The van der Waals surface area contributed by atoms with E-state index in [1.165, 1.54) is 11.3 Å². The van der Waals surface area contributed by atoms with Crippen LogP contribution < -0.4 is 10.5 Å². The summed E-state index contributed by atoms with van der Waals surface area (Å²) in [4.78, 5) is 27.3. The third-order valence-corrected chi connectivity index (χ3v) is 4.66. The molecule has 2 N–H and O–H groups in total. The second-order valence-corrected chi connectivity index (χ2v) is 6.80. The topological polar surface area (TPSA) is 91.5 Å². The van der Waals surface area contributed by atoms with Crippen molar-refractivity contribution in [3.63, 3.8) is 0 Å². The summed E-state index contributed by atoms with van der Waals surface area (Å²) in [6, 6.07) is 13.6. The number of hydrogen-bond acceptors (Lipinski definition) is 6. The third kappa shape index (κ3) is 5.29. The van der Waals surface area contributed by atoms with E-state index in [4.69, 9.17) is 26.8 Å². The van der Waals surface area contributed by atoms with E-state index in [9.17, 15) is 9.59 Å². The number of carbonyl (C=O) groups excluding carboxylic acids is 2. The Kier molecular flexibility index (Phi) is 6.05. The van der Waals surface area contributed by atoms with E-state index < -0.39 is 11.9 Å². The van der Waals surface area contributed by atoms with Gasteiger partial charge in [-0.2, -0.15) is 0 Å². The summed E-state index contributed by atoms with van der Waals surface area (Å²) in [5.74, 6) is -0.602. The Morgan fingerprint density at radius 2 is 1.78 bits per heavy atom. The highest BCUT2D eigenvalue weighted by atomic mass is 35.5. The van der Waals surface area contributed by atoms with Crippen LogP contribution in [-0.2, 0) is 16.1 Å². The Morgan fingerprint density at radius 1 is 1.07 bits per heavy atom. The number of benzene rings is 2. The summed E-state index contributed by atoms with van der Waals surface area (Å²) in [7, 11) is 0. The lowest BCUT2D eigenvalue weighted by molar-refractivity contribution is -0.119. The number of nitrogens with zero attached hydrogens (tertiary/aromatic N) is 1. The van der Waals surface area contributed by atoms with E-state index >= 15 is 0 Å². The minimum atomic E-state index is -0.570. The first kappa shape index (κ1) is 18.9. The van der Waals surface area contributed by atoms with Gasteiger partial charge in [0.1, 0.15) is 17.4 Å². The standard InChI is InChI=1S/C19H15ClN2O4S/c20-14-5-1-12(2-6-14)18-22-15(11-27-18)9-26-19(24)13-3-7-16(8-4-13)25-10-17(21)23/h1-8,11H,9-10H2,(H2,21,23). The van der Waals surface area contributed by atoms with Gasteiger partial charge in [0, 0.05) is 16.0 Å². The molecule has 0 saturated carbocycles. The van der Waals surface area contributed by atoms with Crippen LogP contribution in [0.5, 0.6) is 5.75 Å². The fourth-order valence-corrected chi connectivity index (χ4v) is 3.10. The van der Waals surface area contributed by atoms with E-state index in [0.717, 1.165) is 10.6 Å². The van der Waals surface area contributed by atoms with Crippen molar-refractivity contribution in [3.05, 3.63) is 70.2 Å². The first-order valence-corrected chi connectivity index (χ1v) is 9.15. The predicted molar refractivity (Wildman–Crippen MR) is 103 cm³/mol. The monoisotopic (exact) mass is 402 g/mol. The zero-order chi connectivity index (χ0) is 19.2. The molecule has 0 aliphatic carbocycles. The maximum Gasteiger partial charge on any atom is 0.338 e. The Balaban J connectivity index is 1.56. The van der Waals surface area contributed by atoms with Crippen LogP contribution in [0.1, 0.15) is 16.1 Å². The van der Waals surface area contributed by atoms with E-state index in [1.807, 2.05) is 17.5 Å². The number of aromatic nitrogens is 1. The molecule has 138 valence electrons. The molecular formula is C19H15ClN2O4S. The summed E-state index contributed by atoms with van der Waals surface area (Å²) in [5.41, 5.74) is 7.00. The number of primary amides is 1. The minimum Gasteiger partial charge on any atom is -0.484 e. The number of hydrogen-bond donors (Lipinski definition) is 1. The van der Waals surface area contributed by atoms with Gasteiger partial charge in [-0.3, -0.25) is 4.79 Å². The minimum absolute atomic E-state index is 0.0723. The molecule has 1 amide bonds. The van der Waals surface area contributed by atoms with E-state index in [2.05, 4.69) is 4.98 Å². The Morgan fingerprint density at radius 3 is 2.44 bits per heavy atom. The molecule has 0 unspecified atom stereocenters. The smallest absolute Gasteiger partial charge is 0.338 e. The average Bonchev–Trinajstić information content (AvgIpc) is 3.14. The van der Waals surface area contributed by atoms with Crippen molar-refractivity contribution in [2.45, 2.75) is 6.61 Å². The summed E-state index contributed by atoms with van der Waals surface area (Å²) >= 11 is 7.35. The van der Waals surface area contributed by atoms with Gasteiger partial charge in [-0.25, -0.2) is 9.78 Å². The van der Waals surface area contributed by atoms with Crippen LogP contribution >= 0.6 is 22.9 Å². The van der Waals surface area contributed by atoms with E-state index in [1.54, 1.807) is 36.4 Å². The molecule has 2 aromatic carbocycles. The summed E-state index contributed by atoms with van der Waals surface area (Å²) in [5, 5.41) is 3.34. The molecule has 1 heterocycles. The third-order valence-electron chi connectivity index (χ3n) is 3.47. The normalized spacial score (nSPS) is 10.4. The summed E-state index contributed by atoms with van der Waals surface area (Å²) in [6.07, 6.45) is 0. The molecule has 8 heteroatoms. The SMILES string of the molecule is NC(=O)COc1ccc(C(=O)OCc2csc(-c3ccc(Cl)cc3)n2)cc1. The van der Waals surface area contributed by atoms with Crippen LogP contribution in [0.3, 0.4) is 0 Å². The average molecular weight is 403 g/mol. The highest BCUT2D eigenvalue weighted by Gasteiger charge is 2.10. The van der Waals surface area contributed by atoms with Gasteiger partial charge < -0.3 is 15.2 Å². The second-order valence-electron chi connectivity index (χ2n) is 5.51. The zero-order valence-electron chi connectivity index (χ0n) is 14.1. The van der Waals surface area contributed by atoms with Gasteiger partial charge in [0.25, 0.3) is 5.91 Å². The Labute approximate surface area is 164 Å². The number of halogens is 1. The zero-order valence-corrected chi connectivity index (χ0v) is 15.6. The van der Waals surface area contributed by atoms with Gasteiger partial charge in [-0.15, -0.1) is 11.3 Å². The van der Waals surface area contributed by atoms with Gasteiger partial charge in [-0.1, -0.05) is 23.7 Å². The molecule has 0 spiro atoms. The highest BCUT2D eigenvalue weighted by molar-refractivity contribution is 7.13. The van der Waals surface area contributed by atoms with E-state index in [-0.39, 0.29) is 13.2 Å². The maximum atomic E-state index is 12.1. The molecule has 0 saturated heterocycles. The van der Waals surface area contributed by atoms with Crippen molar-refractivity contribution in [2.24, 2.45) is 5.73 Å². The van der Waals surface area contributed by atoms with Crippen LogP contribution in [0.4, 0.5) is 0 Å². The van der Waals surface area contributed by atoms with Crippen LogP contribution in [0.25, 0.3) is 10.6 Å². The number of thiazole rings is 1. The second kappa shape index (κ2) is 8.66. The number of ether oxygens (including phenoxy) is 2. The predicted octanol–water partition coefficient (Wildman–Crippen LogP) is 3.68. The summed E-state index contributed by atoms with van der Waals surface area (Å²) < 4.78 is 10.4. The van der Waals surface area contributed by atoms with Gasteiger partial charge in [0.15, 0.2) is 6.61 Å². The van der Waals surface area contributed by atoms with Crippen molar-refractivity contribution in [3.8, 4) is 16.3 Å². The quantitative estimate of drug-likeness (QED) is 0.608. The largest absolute Gasteiger partial charge is 0.484 e. The lowest BCUT2D eigenvalue weighted by Gasteiger charge is -2.05. The Hall–Kier alpha value is -2.90. The van der Waals surface area contributed by atoms with Crippen molar-refractivity contribution < 1.29 is 19.1 Å². The number of nitrogens with two attached hydrogens (primary N) is 1. The molecule has 0 bridgehead atoms. The maximum absolute atomic E-state index is 12.1. The molecule has 0 aliphatic heterocycles. The number of carbonyl (C=O) groups is 2. The van der Waals surface area contributed by atoms with E-state index in [0.29, 0.717) is 22.0 Å². The molecule has 6 nitrogen and oxygen atoms in total. The van der Waals surface area contributed by atoms with Gasteiger partial charge in [0.2, 0.25) is 0 Å². The van der Waals surface area contributed by atoms with Crippen molar-refractivity contribution in [1.29, 1.82) is 0 Å². The molecule has 0 aliphatic rings. The number of rotatable bonds is 7. The molecule has 0 fully saturated rings. The molecule has 27 heavy (non-hydrogen) atoms. The highest BCUT2D eigenvalue weighted by Crippen LogP contribution is 2.25. The fraction of sp³-hybridized carbons (Fsp3) is 0.105. The van der Waals surface area contributed by atoms with Gasteiger partial charge in [0.05, 0.1) is 11.3 Å². The lowest BCUT2D eigenvalue weighted by atomic mass is 10.2. The first-order chi connectivity index (χ1) is 13.0. The van der Waals surface area contributed by atoms with Gasteiger partial charge in [-0.05, 0) is 36.4 Å². The first-order valence-electron chi connectivity index (χ1n) is 7.90. The fourth-order valence-electron chi connectivity index (χ4n) is 2.16. The lowest BCUT2D eigenvalue weighted by Crippen LogP contribution is -2.20. The van der Waals surface area contributed by atoms with Crippen LogP contribution in [0, 0.1) is 0 Å². The van der Waals surface area contributed by atoms with Crippen molar-refractivity contribution in [1.82, 2.24) is 4.98 Å². The van der Waals surface area contributed by atoms with Crippen LogP contribution in [-0.4, -0.2) is 23.5 Å². The summed E-state index contributed by atoms with van der Waals surface area (Å²) in [6.45, 7) is -0.146. The molecular weight excluding hydrogens is 388 g/mol.